The van der Waals surface area contributed by atoms with Crippen LogP contribution in [0.2, 0.25) is 5.02 Å². The number of hydrogen-bond acceptors (Lipinski definition) is 3. The second-order valence-electron chi connectivity index (χ2n) is 6.06. The number of nitrogens with one attached hydrogen (secondary N) is 2. The van der Waals surface area contributed by atoms with Gasteiger partial charge < -0.3 is 20.1 Å². The van der Waals surface area contributed by atoms with E-state index in [0.717, 1.165) is 0 Å². The highest BCUT2D eigenvalue weighted by Gasteiger charge is 2.42. The van der Waals surface area contributed by atoms with E-state index in [0.29, 0.717) is 43.2 Å². The second kappa shape index (κ2) is 6.63. The highest BCUT2D eigenvalue weighted by atomic mass is 35.5. The van der Waals surface area contributed by atoms with Gasteiger partial charge in [0.15, 0.2) is 5.79 Å². The minimum absolute atomic E-state index is 0.0616. The van der Waals surface area contributed by atoms with E-state index >= 15 is 0 Å². The first-order chi connectivity index (χ1) is 11.0. The minimum atomic E-state index is -0.615. The molecule has 5 nitrogen and oxygen atoms in total. The summed E-state index contributed by atoms with van der Waals surface area (Å²) in [5.74, 6) is -1.00. The lowest BCUT2D eigenvalue weighted by atomic mass is 10.1. The number of hydrogen-bond donors (Lipinski definition) is 2. The number of ether oxygens (including phenoxy) is 2. The summed E-state index contributed by atoms with van der Waals surface area (Å²) in [5.41, 5.74) is 0.486. The average molecular weight is 343 g/mol. The molecule has 1 aromatic carbocycles. The Balaban J connectivity index is 1.43. The standard InChI is InChI=1S/C16H20ClFN2O3/c1-16(22-7-8-23-16)5-6-19-15(21)20-13-9-10(13)14-11(17)3-2-4-12(14)18/h2-4,10,13H,5-9H2,1H3,(H2,19,20,21)/t10-,13+/m1/s1. The van der Waals surface area contributed by atoms with E-state index in [2.05, 4.69) is 10.6 Å². The molecule has 2 amide bonds. The van der Waals surface area contributed by atoms with Gasteiger partial charge in [-0.15, -0.1) is 0 Å². The van der Waals surface area contributed by atoms with Crippen molar-refractivity contribution in [1.29, 1.82) is 0 Å². The SMILES string of the molecule is CC1(CCNC(=O)N[C@H]2C[C@H]2c2c(F)cccc2Cl)OCCO1. The smallest absolute Gasteiger partial charge is 0.315 e. The van der Waals surface area contributed by atoms with Gasteiger partial charge in [0, 0.05) is 35.5 Å². The molecular formula is C16H20ClFN2O3. The van der Waals surface area contributed by atoms with Crippen LogP contribution in [0.5, 0.6) is 0 Å². The molecule has 1 saturated carbocycles. The summed E-state index contributed by atoms with van der Waals surface area (Å²) in [6.45, 7) is 3.46. The molecule has 0 radical (unpaired) electrons. The fourth-order valence-corrected chi connectivity index (χ4v) is 3.17. The van der Waals surface area contributed by atoms with Crippen molar-refractivity contribution in [2.75, 3.05) is 19.8 Å². The van der Waals surface area contributed by atoms with Crippen LogP contribution in [0.15, 0.2) is 18.2 Å². The molecule has 2 N–H and O–H groups in total. The number of benzene rings is 1. The molecule has 0 unspecified atom stereocenters. The maximum Gasteiger partial charge on any atom is 0.315 e. The average Bonchev–Trinajstić information content (AvgIpc) is 3.08. The summed E-state index contributed by atoms with van der Waals surface area (Å²) < 4.78 is 24.8. The molecule has 23 heavy (non-hydrogen) atoms. The zero-order valence-corrected chi connectivity index (χ0v) is 13.7. The van der Waals surface area contributed by atoms with Gasteiger partial charge in [0.1, 0.15) is 5.82 Å². The van der Waals surface area contributed by atoms with Crippen molar-refractivity contribution in [3.63, 3.8) is 0 Å². The highest BCUT2D eigenvalue weighted by molar-refractivity contribution is 6.31. The zero-order chi connectivity index (χ0) is 16.4. The van der Waals surface area contributed by atoms with E-state index in [9.17, 15) is 9.18 Å². The van der Waals surface area contributed by atoms with Crippen LogP contribution in [0, 0.1) is 5.82 Å². The van der Waals surface area contributed by atoms with E-state index in [4.69, 9.17) is 21.1 Å². The van der Waals surface area contributed by atoms with Crippen molar-refractivity contribution < 1.29 is 18.7 Å². The number of rotatable bonds is 5. The van der Waals surface area contributed by atoms with Crippen LogP contribution in [0.1, 0.15) is 31.2 Å². The Labute approximate surface area is 139 Å². The van der Waals surface area contributed by atoms with E-state index in [-0.39, 0.29) is 23.8 Å². The summed E-state index contributed by atoms with van der Waals surface area (Å²) >= 11 is 6.04. The fourth-order valence-electron chi connectivity index (χ4n) is 2.86. The fraction of sp³-hybridized carbons (Fsp3) is 0.562. The molecule has 3 rings (SSSR count). The predicted octanol–water partition coefficient (Wildman–Crippen LogP) is 2.79. The van der Waals surface area contributed by atoms with Crippen molar-refractivity contribution in [2.24, 2.45) is 0 Å². The molecule has 1 heterocycles. The molecule has 126 valence electrons. The van der Waals surface area contributed by atoms with Crippen molar-refractivity contribution in [3.8, 4) is 0 Å². The van der Waals surface area contributed by atoms with Crippen LogP contribution in [0.25, 0.3) is 0 Å². The predicted molar refractivity (Wildman–Crippen MR) is 84.0 cm³/mol. The third kappa shape index (κ3) is 3.94. The van der Waals surface area contributed by atoms with E-state index in [1.54, 1.807) is 12.1 Å². The molecule has 1 aromatic rings. The zero-order valence-electron chi connectivity index (χ0n) is 12.9. The lowest BCUT2D eigenvalue weighted by molar-refractivity contribution is -0.145. The van der Waals surface area contributed by atoms with Gasteiger partial charge in [-0.2, -0.15) is 0 Å². The van der Waals surface area contributed by atoms with Gasteiger partial charge in [-0.3, -0.25) is 0 Å². The molecule has 1 aliphatic heterocycles. The molecule has 1 aliphatic carbocycles. The molecule has 0 bridgehead atoms. The van der Waals surface area contributed by atoms with Gasteiger partial charge in [0.05, 0.1) is 13.2 Å². The first-order valence-electron chi connectivity index (χ1n) is 7.75. The third-order valence-electron chi connectivity index (χ3n) is 4.24. The van der Waals surface area contributed by atoms with Crippen molar-refractivity contribution >= 4 is 17.6 Å². The molecule has 0 spiro atoms. The van der Waals surface area contributed by atoms with E-state index in [1.807, 2.05) is 6.92 Å². The minimum Gasteiger partial charge on any atom is -0.348 e. The first kappa shape index (κ1) is 16.5. The van der Waals surface area contributed by atoms with Crippen LogP contribution in [0.3, 0.4) is 0 Å². The summed E-state index contributed by atoms with van der Waals surface area (Å²) in [5, 5.41) is 6.01. The van der Waals surface area contributed by atoms with Gasteiger partial charge in [0.2, 0.25) is 0 Å². The highest BCUT2D eigenvalue weighted by Crippen LogP contribution is 2.44. The van der Waals surface area contributed by atoms with Crippen LogP contribution >= 0.6 is 11.6 Å². The quantitative estimate of drug-likeness (QED) is 0.865. The van der Waals surface area contributed by atoms with Gasteiger partial charge in [-0.1, -0.05) is 17.7 Å². The number of amides is 2. The Morgan fingerprint density at radius 2 is 2.17 bits per heavy atom. The normalized spacial score (nSPS) is 25.2. The van der Waals surface area contributed by atoms with Crippen molar-refractivity contribution in [3.05, 3.63) is 34.6 Å². The molecule has 2 fully saturated rings. The lowest BCUT2D eigenvalue weighted by Gasteiger charge is -2.22. The summed E-state index contributed by atoms with van der Waals surface area (Å²) in [4.78, 5) is 11.9. The monoisotopic (exact) mass is 342 g/mol. The van der Waals surface area contributed by atoms with Crippen molar-refractivity contribution in [1.82, 2.24) is 10.6 Å². The maximum absolute atomic E-state index is 13.8. The summed E-state index contributed by atoms with van der Waals surface area (Å²) in [6, 6.07) is 4.27. The Morgan fingerprint density at radius 3 is 2.87 bits per heavy atom. The first-order valence-corrected chi connectivity index (χ1v) is 8.12. The van der Waals surface area contributed by atoms with Crippen LogP contribution in [-0.2, 0) is 9.47 Å². The Kier molecular flexibility index (Phi) is 4.75. The molecular weight excluding hydrogens is 323 g/mol. The van der Waals surface area contributed by atoms with Crippen LogP contribution in [0.4, 0.5) is 9.18 Å². The number of halogens is 2. The lowest BCUT2D eigenvalue weighted by Crippen LogP contribution is -2.40. The second-order valence-corrected chi connectivity index (χ2v) is 6.47. The van der Waals surface area contributed by atoms with Crippen LogP contribution < -0.4 is 10.6 Å². The van der Waals surface area contributed by atoms with Gasteiger partial charge in [0.25, 0.3) is 0 Å². The topological polar surface area (TPSA) is 59.6 Å². The third-order valence-corrected chi connectivity index (χ3v) is 4.57. The maximum atomic E-state index is 13.8. The molecule has 0 aromatic heterocycles. The van der Waals surface area contributed by atoms with Crippen LogP contribution in [-0.4, -0.2) is 37.6 Å². The summed E-state index contributed by atoms with van der Waals surface area (Å²) in [6.07, 6.45) is 1.27. The van der Waals surface area contributed by atoms with Crippen molar-refractivity contribution in [2.45, 2.75) is 37.5 Å². The van der Waals surface area contributed by atoms with Gasteiger partial charge in [-0.25, -0.2) is 9.18 Å². The molecule has 2 aliphatic rings. The van der Waals surface area contributed by atoms with E-state index < -0.39 is 5.79 Å². The molecule has 7 heteroatoms. The molecule has 1 saturated heterocycles. The Hall–Kier alpha value is -1.37. The molecule has 2 atom stereocenters. The van der Waals surface area contributed by atoms with E-state index in [1.165, 1.54) is 6.07 Å². The van der Waals surface area contributed by atoms with Gasteiger partial charge >= 0.3 is 6.03 Å². The Bertz CT molecular complexity index is 572. The summed E-state index contributed by atoms with van der Waals surface area (Å²) in [7, 11) is 0. The number of urea groups is 1. The van der Waals surface area contributed by atoms with Gasteiger partial charge in [-0.05, 0) is 25.5 Å². The Morgan fingerprint density at radius 1 is 1.43 bits per heavy atom. The number of carbonyl (C=O) groups is 1. The number of carbonyl (C=O) groups excluding carboxylic acids is 1. The largest absolute Gasteiger partial charge is 0.348 e.